The van der Waals surface area contributed by atoms with E-state index in [1.54, 1.807) is 24.3 Å². The molecule has 0 aliphatic carbocycles. The van der Waals surface area contributed by atoms with E-state index in [2.05, 4.69) is 0 Å². The van der Waals surface area contributed by atoms with Crippen LogP contribution in [0.2, 0.25) is 0 Å². The molecule has 0 spiro atoms. The molecule has 2 heterocycles. The van der Waals surface area contributed by atoms with Crippen LogP contribution in [0.3, 0.4) is 0 Å². The van der Waals surface area contributed by atoms with E-state index in [1.807, 2.05) is 6.07 Å². The molecule has 72 heavy (non-hydrogen) atoms. The number of nitrogens with zero attached hydrogens (tertiary/aromatic N) is 3. The number of hydrogen-bond acceptors (Lipinski definition) is 1. The van der Waals surface area contributed by atoms with Crippen molar-refractivity contribution in [3.05, 3.63) is 191 Å². The fourth-order valence-electron chi connectivity index (χ4n) is 9.40. The Morgan fingerprint density at radius 2 is 0.764 bits per heavy atom. The van der Waals surface area contributed by atoms with Crippen molar-refractivity contribution in [2.24, 2.45) is 0 Å². The van der Waals surface area contributed by atoms with Crippen molar-refractivity contribution in [2.75, 3.05) is 0 Å². The number of para-hydroxylation sites is 2. The summed E-state index contributed by atoms with van der Waals surface area (Å²) in [5.74, 6) is 0. The van der Waals surface area contributed by atoms with Gasteiger partial charge >= 0.3 is 30.9 Å². The Hall–Kier alpha value is -8.20. The molecule has 362 valence electrons. The van der Waals surface area contributed by atoms with Crippen molar-refractivity contribution in [3.8, 4) is 50.8 Å². The van der Waals surface area contributed by atoms with Gasteiger partial charge in [0, 0.05) is 21.5 Å². The van der Waals surface area contributed by atoms with E-state index in [4.69, 9.17) is 0 Å². The van der Waals surface area contributed by atoms with E-state index < -0.39 is 81.2 Å². The van der Waals surface area contributed by atoms with Crippen molar-refractivity contribution in [1.29, 1.82) is 5.26 Å². The minimum atomic E-state index is -5.35. The highest BCUT2D eigenvalue weighted by Crippen LogP contribution is 2.49. The highest BCUT2D eigenvalue weighted by atomic mass is 19.4. The molecule has 0 saturated heterocycles. The average Bonchev–Trinajstić information content (AvgIpc) is 3.84. The largest absolute Gasteiger partial charge is 0.420 e. The second-order valence-electron chi connectivity index (χ2n) is 16.8. The van der Waals surface area contributed by atoms with Gasteiger partial charge in [-0.3, -0.25) is 0 Å². The Morgan fingerprint density at radius 1 is 0.333 bits per heavy atom. The highest BCUT2D eigenvalue weighted by molar-refractivity contribution is 6.12. The normalized spacial score (nSPS) is 12.9. The van der Waals surface area contributed by atoms with E-state index >= 15 is 13.2 Å². The van der Waals surface area contributed by atoms with Crippen LogP contribution in [0.25, 0.3) is 88.4 Å². The van der Waals surface area contributed by atoms with Crippen molar-refractivity contribution >= 4 is 43.6 Å². The van der Waals surface area contributed by atoms with Gasteiger partial charge in [0.2, 0.25) is 0 Å². The second-order valence-corrected chi connectivity index (χ2v) is 16.8. The van der Waals surface area contributed by atoms with E-state index in [9.17, 15) is 57.9 Å². The third-order valence-electron chi connectivity index (χ3n) is 12.5. The monoisotopic (exact) mass is 1000 g/mol. The zero-order valence-electron chi connectivity index (χ0n) is 36.0. The summed E-state index contributed by atoms with van der Waals surface area (Å²) < 4.78 is 222. The Kier molecular flexibility index (Phi) is 10.8. The molecular weight excluding hydrogens is 976 g/mol. The zero-order chi connectivity index (χ0) is 51.4. The molecule has 10 rings (SSSR count). The number of benzene rings is 8. The Morgan fingerprint density at radius 3 is 1.17 bits per heavy atom. The van der Waals surface area contributed by atoms with Crippen LogP contribution in [0.5, 0.6) is 0 Å². The van der Waals surface area contributed by atoms with E-state index in [0.29, 0.717) is 35.0 Å². The minimum Gasteiger partial charge on any atom is -0.309 e. The minimum absolute atomic E-state index is 0.0402. The third-order valence-corrected chi connectivity index (χ3v) is 12.5. The molecule has 0 aliphatic rings. The summed E-state index contributed by atoms with van der Waals surface area (Å²) in [6.07, 6.45) is -26.3. The quantitative estimate of drug-likeness (QED) is 0.158. The molecule has 0 saturated carbocycles. The maximum atomic E-state index is 16.6. The molecule has 0 fully saturated rings. The SMILES string of the molecule is N#Cc1cccc(-c2cc(-n3c4ccccc4c4ccc(-c5ccc(C(F)(F)F)cc5C(F)(F)F)cc43)c(C(F)(F)F)c(-n3c4ccccc4c4ccc(-c5ccc(C(F)(F)F)cc5C(F)(F)F)cc43)c2)c1. The number of halogens is 15. The predicted molar refractivity (Wildman–Crippen MR) is 241 cm³/mol. The lowest BCUT2D eigenvalue weighted by Crippen LogP contribution is -2.16. The van der Waals surface area contributed by atoms with Crippen LogP contribution in [0.15, 0.2) is 158 Å². The van der Waals surface area contributed by atoms with Crippen molar-refractivity contribution in [3.63, 3.8) is 0 Å². The van der Waals surface area contributed by atoms with Gasteiger partial charge in [0.15, 0.2) is 0 Å². The van der Waals surface area contributed by atoms with Crippen LogP contribution < -0.4 is 0 Å². The van der Waals surface area contributed by atoms with Gasteiger partial charge in [0.05, 0.1) is 67.3 Å². The smallest absolute Gasteiger partial charge is 0.309 e. The molecule has 0 N–H and O–H groups in total. The lowest BCUT2D eigenvalue weighted by atomic mass is 9.95. The second kappa shape index (κ2) is 16.4. The van der Waals surface area contributed by atoms with Crippen LogP contribution in [-0.4, -0.2) is 9.13 Å². The Balaban J connectivity index is 1.34. The van der Waals surface area contributed by atoms with Gasteiger partial charge in [0.25, 0.3) is 0 Å². The van der Waals surface area contributed by atoms with Crippen LogP contribution in [0, 0.1) is 11.3 Å². The molecule has 0 atom stereocenters. The first-order valence-electron chi connectivity index (χ1n) is 21.2. The average molecular weight is 1000 g/mol. The summed E-state index contributed by atoms with van der Waals surface area (Å²) in [6, 6.07) is 31.6. The van der Waals surface area contributed by atoms with Gasteiger partial charge in [-0.15, -0.1) is 0 Å². The molecule has 0 radical (unpaired) electrons. The van der Waals surface area contributed by atoms with Gasteiger partial charge < -0.3 is 9.13 Å². The van der Waals surface area contributed by atoms with E-state index in [0.717, 1.165) is 33.4 Å². The van der Waals surface area contributed by atoms with Gasteiger partial charge in [-0.05, 0) is 106 Å². The fraction of sp³-hybridized carbons (Fsp3) is 0.0926. The van der Waals surface area contributed by atoms with Crippen LogP contribution in [0.4, 0.5) is 65.9 Å². The summed E-state index contributed by atoms with van der Waals surface area (Å²) in [4.78, 5) is 0. The number of nitriles is 1. The first-order chi connectivity index (χ1) is 33.8. The Labute approximate surface area is 395 Å². The maximum absolute atomic E-state index is 16.6. The summed E-state index contributed by atoms with van der Waals surface area (Å²) in [5.41, 5.74) is -10.9. The van der Waals surface area contributed by atoms with Crippen molar-refractivity contribution in [1.82, 2.24) is 9.13 Å². The van der Waals surface area contributed by atoms with E-state index in [-0.39, 0.29) is 72.8 Å². The molecule has 0 unspecified atom stereocenters. The topological polar surface area (TPSA) is 33.6 Å². The predicted octanol–water partition coefficient (Wildman–Crippen LogP) is 17.8. The summed E-state index contributed by atoms with van der Waals surface area (Å²) in [7, 11) is 0. The Bertz CT molecular complexity index is 3660. The molecule has 0 amide bonds. The number of aromatic nitrogens is 2. The molecular formula is C54H26F15N3. The lowest BCUT2D eigenvalue weighted by molar-refractivity contribution is -0.144. The van der Waals surface area contributed by atoms with Gasteiger partial charge in [-0.1, -0.05) is 84.9 Å². The third kappa shape index (κ3) is 8.11. The number of hydrogen-bond donors (Lipinski definition) is 0. The molecule has 8 aromatic carbocycles. The number of fused-ring (bicyclic) bond motifs is 6. The molecule has 3 nitrogen and oxygen atoms in total. The highest BCUT2D eigenvalue weighted by Gasteiger charge is 2.42. The molecule has 18 heteroatoms. The summed E-state index contributed by atoms with van der Waals surface area (Å²) in [5, 5.41) is 10.9. The first kappa shape index (κ1) is 47.5. The van der Waals surface area contributed by atoms with Crippen molar-refractivity contribution in [2.45, 2.75) is 30.9 Å². The van der Waals surface area contributed by atoms with Gasteiger partial charge in [0.1, 0.15) is 5.56 Å². The molecule has 10 aromatic rings. The summed E-state index contributed by atoms with van der Waals surface area (Å²) in [6.45, 7) is 0. The van der Waals surface area contributed by atoms with E-state index in [1.165, 1.54) is 72.8 Å². The fourth-order valence-corrected chi connectivity index (χ4v) is 9.40. The van der Waals surface area contributed by atoms with Gasteiger partial charge in [-0.2, -0.15) is 71.1 Å². The lowest BCUT2D eigenvalue weighted by Gasteiger charge is -2.23. The number of alkyl halides is 15. The summed E-state index contributed by atoms with van der Waals surface area (Å²) >= 11 is 0. The zero-order valence-corrected chi connectivity index (χ0v) is 36.0. The first-order valence-corrected chi connectivity index (χ1v) is 21.2. The molecule has 2 aromatic heterocycles. The van der Waals surface area contributed by atoms with Crippen LogP contribution in [0.1, 0.15) is 33.4 Å². The molecule has 0 aliphatic heterocycles. The van der Waals surface area contributed by atoms with Gasteiger partial charge in [-0.25, -0.2) is 0 Å². The standard InChI is InChI=1S/C54H26F15N3/c55-50(56,57)33-14-18-35(41(25-33)52(61,62)63)30-12-16-39-37-8-1-3-10-43(37)71(45(39)21-30)47-23-32(29-7-5-6-28(20-29)27-70)24-48(49(47)54(67,68)69)72-44-11-4-2-9-38(44)40-17-13-31(22-46(40)72)36-19-15-34(51(58,59)60)26-42(36)53(64,65)66/h1-26H. The number of rotatable bonds is 5. The van der Waals surface area contributed by atoms with Crippen LogP contribution >= 0.6 is 0 Å². The van der Waals surface area contributed by atoms with Crippen LogP contribution in [-0.2, 0) is 30.9 Å². The molecule has 0 bridgehead atoms. The van der Waals surface area contributed by atoms with Crippen molar-refractivity contribution < 1.29 is 65.9 Å². The maximum Gasteiger partial charge on any atom is 0.420 e.